The predicted octanol–water partition coefficient (Wildman–Crippen LogP) is 2.05. The van der Waals surface area contributed by atoms with Gasteiger partial charge in [-0.1, -0.05) is 30.3 Å². The lowest BCUT2D eigenvalue weighted by atomic mass is 9.74. The first-order valence-corrected chi connectivity index (χ1v) is 14.1. The lowest BCUT2D eigenvalue weighted by molar-refractivity contribution is -0.138. The maximum Gasteiger partial charge on any atom is 0.481 e. The molecule has 2 aliphatic heterocycles. The van der Waals surface area contributed by atoms with Gasteiger partial charge in [-0.25, -0.2) is 4.98 Å². The van der Waals surface area contributed by atoms with Crippen LogP contribution in [0, 0.1) is 0 Å². The van der Waals surface area contributed by atoms with Crippen LogP contribution in [0.15, 0.2) is 42.7 Å². The number of nitrogens with zero attached hydrogens (tertiary/aromatic N) is 3. The fourth-order valence-corrected chi connectivity index (χ4v) is 5.01. The van der Waals surface area contributed by atoms with E-state index >= 15 is 0 Å². The molecular weight excluding hydrogens is 525 g/mol. The zero-order chi connectivity index (χ0) is 29.6. The van der Waals surface area contributed by atoms with Gasteiger partial charge in [-0.05, 0) is 52.5 Å². The molecule has 41 heavy (non-hydrogen) atoms. The molecule has 2 atom stereocenters. The van der Waals surface area contributed by atoms with Crippen LogP contribution in [-0.2, 0) is 30.1 Å². The predicted molar refractivity (Wildman–Crippen MR) is 153 cm³/mol. The largest absolute Gasteiger partial charge is 0.481 e. The van der Waals surface area contributed by atoms with Crippen molar-refractivity contribution < 1.29 is 28.4 Å². The molecular formula is C29H40BN5O6. The topological polar surface area (TPSA) is 146 Å². The fraction of sp³-hybridized carbons (Fsp3) is 0.552. The summed E-state index contributed by atoms with van der Waals surface area (Å²) in [6.45, 7) is 9.52. The van der Waals surface area contributed by atoms with Crippen molar-refractivity contribution in [2.24, 2.45) is 5.73 Å². The van der Waals surface area contributed by atoms with Crippen LogP contribution in [0.2, 0.25) is 0 Å². The van der Waals surface area contributed by atoms with Gasteiger partial charge in [-0.3, -0.25) is 19.4 Å². The number of amides is 3. The Morgan fingerprint density at radius 2 is 1.66 bits per heavy atom. The summed E-state index contributed by atoms with van der Waals surface area (Å²) in [6.07, 6.45) is 4.64. The summed E-state index contributed by atoms with van der Waals surface area (Å²) in [6, 6.07) is 10.1. The Kier molecular flexibility index (Phi) is 9.78. The Morgan fingerprint density at radius 1 is 1.02 bits per heavy atom. The molecule has 0 bridgehead atoms. The van der Waals surface area contributed by atoms with Crippen LogP contribution in [0.3, 0.4) is 0 Å². The number of morpholine rings is 1. The maximum absolute atomic E-state index is 14.0. The van der Waals surface area contributed by atoms with Crippen molar-refractivity contribution in [3.8, 4) is 0 Å². The minimum absolute atomic E-state index is 0.0658. The Morgan fingerprint density at radius 3 is 2.29 bits per heavy atom. The van der Waals surface area contributed by atoms with Gasteiger partial charge in [0.2, 0.25) is 11.8 Å². The molecule has 0 unspecified atom stereocenters. The highest BCUT2D eigenvalue weighted by Crippen LogP contribution is 2.38. The number of nitrogens with one attached hydrogen (secondary N) is 1. The zero-order valence-electron chi connectivity index (χ0n) is 24.3. The molecule has 0 radical (unpaired) electrons. The number of hydrogen-bond donors (Lipinski definition) is 2. The molecule has 11 nitrogen and oxygen atoms in total. The second-order valence-electron chi connectivity index (χ2n) is 11.5. The summed E-state index contributed by atoms with van der Waals surface area (Å²) in [5, 5.41) is 3.09. The monoisotopic (exact) mass is 565 g/mol. The first-order chi connectivity index (χ1) is 19.5. The molecule has 4 rings (SSSR count). The molecule has 0 saturated carbocycles. The molecule has 2 aliphatic rings. The Labute approximate surface area is 241 Å². The molecule has 2 aromatic rings. The van der Waals surface area contributed by atoms with Crippen LogP contribution in [0.1, 0.15) is 74.6 Å². The van der Waals surface area contributed by atoms with E-state index in [4.69, 9.17) is 19.8 Å². The summed E-state index contributed by atoms with van der Waals surface area (Å²) in [7, 11) is -0.715. The normalized spacial score (nSPS) is 19.4. The third-order valence-electron chi connectivity index (χ3n) is 8.10. The third-order valence-corrected chi connectivity index (χ3v) is 8.10. The van der Waals surface area contributed by atoms with Crippen molar-refractivity contribution in [1.29, 1.82) is 0 Å². The number of nitrogens with two attached hydrogens (primary N) is 1. The molecule has 1 aromatic carbocycles. The highest BCUT2D eigenvalue weighted by molar-refractivity contribution is 6.48. The van der Waals surface area contributed by atoms with Crippen molar-refractivity contribution in [3.05, 3.63) is 59.7 Å². The lowest BCUT2D eigenvalue weighted by Crippen LogP contribution is -2.50. The second-order valence-corrected chi connectivity index (χ2v) is 11.5. The van der Waals surface area contributed by atoms with Gasteiger partial charge in [-0.15, -0.1) is 0 Å². The molecule has 12 heteroatoms. The molecule has 3 N–H and O–H groups in total. The molecule has 2 fully saturated rings. The van der Waals surface area contributed by atoms with Crippen LogP contribution < -0.4 is 11.1 Å². The Balaban J connectivity index is 1.59. The van der Waals surface area contributed by atoms with E-state index in [0.29, 0.717) is 32.7 Å². The smallest absolute Gasteiger partial charge is 0.402 e. The number of benzene rings is 1. The standard InChI is InChI=1S/C29H40BN5O6/c1-28(2)29(3,4)41-30(40-28)22(12-8-11-20-9-6-5-7-10-20)34-27(38)21(19-23(36)35-15-17-39-18-16-35)24-25(26(31)37)33-14-13-32-24/h5-7,9-10,13-14,21-22H,8,11-12,15-19H2,1-4H3,(H2,31,37)(H,34,38)/t21-,22+/m0/s1. The van der Waals surface area contributed by atoms with Gasteiger partial charge in [-0.2, -0.15) is 0 Å². The van der Waals surface area contributed by atoms with E-state index in [1.807, 2.05) is 45.9 Å². The van der Waals surface area contributed by atoms with Crippen LogP contribution in [-0.4, -0.2) is 83.2 Å². The number of carbonyl (C=O) groups excluding carboxylic acids is 3. The molecule has 1 aromatic heterocycles. The number of aryl methyl sites for hydroxylation is 1. The number of ether oxygens (including phenoxy) is 1. The minimum Gasteiger partial charge on any atom is -0.402 e. The number of hydrogen-bond acceptors (Lipinski definition) is 8. The van der Waals surface area contributed by atoms with Crippen molar-refractivity contribution >= 4 is 24.8 Å². The molecule has 3 amide bonds. The van der Waals surface area contributed by atoms with Crippen LogP contribution in [0.4, 0.5) is 0 Å². The van der Waals surface area contributed by atoms with Gasteiger partial charge in [0.15, 0.2) is 0 Å². The van der Waals surface area contributed by atoms with Crippen molar-refractivity contribution in [1.82, 2.24) is 20.2 Å². The Hall–Kier alpha value is -3.35. The fourth-order valence-electron chi connectivity index (χ4n) is 5.01. The van der Waals surface area contributed by atoms with Gasteiger partial charge in [0.1, 0.15) is 5.69 Å². The summed E-state index contributed by atoms with van der Waals surface area (Å²) in [5.41, 5.74) is 5.49. The quantitative estimate of drug-likeness (QED) is 0.394. The number of aromatic nitrogens is 2. The average molecular weight is 565 g/mol. The second kappa shape index (κ2) is 13.1. The van der Waals surface area contributed by atoms with Crippen molar-refractivity contribution in [2.45, 2.75) is 76.4 Å². The van der Waals surface area contributed by atoms with E-state index in [-0.39, 0.29) is 23.7 Å². The van der Waals surface area contributed by atoms with Crippen LogP contribution in [0.25, 0.3) is 0 Å². The van der Waals surface area contributed by atoms with Gasteiger partial charge < -0.3 is 30.0 Å². The zero-order valence-corrected chi connectivity index (χ0v) is 24.3. The summed E-state index contributed by atoms with van der Waals surface area (Å²) < 4.78 is 18.0. The molecule has 3 heterocycles. The van der Waals surface area contributed by atoms with E-state index in [2.05, 4.69) is 27.4 Å². The SMILES string of the molecule is CC1(C)OB([C@@H](CCCc2ccccc2)NC(=O)[C@@H](CC(=O)N2CCOCC2)c2nccnc2C(N)=O)OC1(C)C. The van der Waals surface area contributed by atoms with Crippen LogP contribution >= 0.6 is 0 Å². The van der Waals surface area contributed by atoms with Gasteiger partial charge in [0.05, 0.1) is 42.0 Å². The van der Waals surface area contributed by atoms with E-state index in [1.165, 1.54) is 18.0 Å². The third kappa shape index (κ3) is 7.49. The first kappa shape index (κ1) is 30.6. The Bertz CT molecular complexity index is 1210. The van der Waals surface area contributed by atoms with Gasteiger partial charge in [0, 0.05) is 31.9 Å². The number of primary amides is 1. The molecule has 0 spiro atoms. The summed E-state index contributed by atoms with van der Waals surface area (Å²) in [5.74, 6) is -3.17. The van der Waals surface area contributed by atoms with E-state index in [0.717, 1.165) is 12.8 Å². The highest BCUT2D eigenvalue weighted by atomic mass is 16.7. The van der Waals surface area contributed by atoms with Crippen molar-refractivity contribution in [3.63, 3.8) is 0 Å². The average Bonchev–Trinajstić information content (AvgIpc) is 3.18. The van der Waals surface area contributed by atoms with E-state index in [9.17, 15) is 14.4 Å². The highest BCUT2D eigenvalue weighted by Gasteiger charge is 2.54. The maximum atomic E-state index is 14.0. The minimum atomic E-state index is -1.10. The van der Waals surface area contributed by atoms with Gasteiger partial charge in [0.25, 0.3) is 5.91 Å². The molecule has 220 valence electrons. The van der Waals surface area contributed by atoms with E-state index in [1.54, 1.807) is 4.90 Å². The molecule has 0 aliphatic carbocycles. The van der Waals surface area contributed by atoms with E-state index < -0.39 is 42.0 Å². The number of carbonyl (C=O) groups is 3. The first-order valence-electron chi connectivity index (χ1n) is 14.1. The number of rotatable bonds is 11. The van der Waals surface area contributed by atoms with Crippen LogP contribution in [0.5, 0.6) is 0 Å². The summed E-state index contributed by atoms with van der Waals surface area (Å²) in [4.78, 5) is 49.5. The van der Waals surface area contributed by atoms with Gasteiger partial charge >= 0.3 is 7.12 Å². The summed E-state index contributed by atoms with van der Waals surface area (Å²) >= 11 is 0. The molecule has 2 saturated heterocycles. The van der Waals surface area contributed by atoms with Crippen molar-refractivity contribution in [2.75, 3.05) is 26.3 Å². The lowest BCUT2D eigenvalue weighted by Gasteiger charge is -2.32.